The molecular formula is C33H37N10O2P. The lowest BCUT2D eigenvalue weighted by Gasteiger charge is -2.35. The van der Waals surface area contributed by atoms with Crippen molar-refractivity contribution in [1.82, 2.24) is 30.2 Å². The number of hydrogen-bond donors (Lipinski definition) is 5. The maximum atomic E-state index is 8.28. The smallest absolute Gasteiger partial charge is 0.231 e. The van der Waals surface area contributed by atoms with E-state index in [0.29, 0.717) is 37.2 Å². The zero-order valence-electron chi connectivity index (χ0n) is 26.1. The summed E-state index contributed by atoms with van der Waals surface area (Å²) in [5.41, 5.74) is 8.11. The normalized spacial score (nSPS) is 15.1. The molecule has 12 nitrogen and oxygen atoms in total. The highest BCUT2D eigenvalue weighted by atomic mass is 31.1. The topological polar surface area (TPSA) is 149 Å². The van der Waals surface area contributed by atoms with Crippen molar-refractivity contribution in [3.8, 4) is 5.75 Å². The third kappa shape index (κ3) is 5.59. The van der Waals surface area contributed by atoms with Gasteiger partial charge in [0, 0.05) is 78.8 Å². The van der Waals surface area contributed by atoms with E-state index in [1.54, 1.807) is 12.4 Å². The van der Waals surface area contributed by atoms with Gasteiger partial charge in [-0.25, -0.2) is 0 Å². The highest BCUT2D eigenvalue weighted by Gasteiger charge is 2.28. The van der Waals surface area contributed by atoms with Crippen LogP contribution >= 0.6 is 7.92 Å². The zero-order valence-corrected chi connectivity index (χ0v) is 27.0. The van der Waals surface area contributed by atoms with Crippen molar-refractivity contribution >= 4 is 75.9 Å². The van der Waals surface area contributed by atoms with E-state index in [9.17, 15) is 0 Å². The van der Waals surface area contributed by atoms with Crippen LogP contribution in [0.5, 0.6) is 5.75 Å². The summed E-state index contributed by atoms with van der Waals surface area (Å²) in [6.07, 6.45) is 10.4. The van der Waals surface area contributed by atoms with E-state index in [1.807, 2.05) is 31.6 Å². The van der Waals surface area contributed by atoms with Gasteiger partial charge in [0.15, 0.2) is 0 Å². The average Bonchev–Trinajstić information content (AvgIpc) is 3.56. The summed E-state index contributed by atoms with van der Waals surface area (Å²) in [6.45, 7) is 7.94. The lowest BCUT2D eigenvalue weighted by Crippen LogP contribution is -2.38. The van der Waals surface area contributed by atoms with Crippen LogP contribution in [0.25, 0.3) is 27.6 Å². The number of morpholine rings is 1. The molecule has 0 radical (unpaired) electrons. The first-order chi connectivity index (χ1) is 22.6. The molecule has 0 saturated carbocycles. The molecule has 1 saturated heterocycles. The number of H-pyrrole nitrogens is 1. The Hall–Kier alpha value is -4.80. The molecule has 5 N–H and O–H groups in total. The first kappa shape index (κ1) is 29.9. The second-order valence-corrected chi connectivity index (χ2v) is 13.6. The molecule has 46 heavy (non-hydrogen) atoms. The van der Waals surface area contributed by atoms with E-state index in [-0.39, 0.29) is 0 Å². The quantitative estimate of drug-likeness (QED) is 0.109. The van der Waals surface area contributed by atoms with Crippen LogP contribution in [0, 0.1) is 5.41 Å². The minimum atomic E-state index is -0.510. The Morgan fingerprint density at radius 1 is 1.04 bits per heavy atom. The maximum absolute atomic E-state index is 8.28. The molecule has 2 aliphatic heterocycles. The Bertz CT molecular complexity index is 1950. The van der Waals surface area contributed by atoms with Crippen molar-refractivity contribution in [3.63, 3.8) is 0 Å². The van der Waals surface area contributed by atoms with Crippen LogP contribution in [0.4, 0.5) is 28.8 Å². The Morgan fingerprint density at radius 2 is 1.89 bits per heavy atom. The van der Waals surface area contributed by atoms with E-state index < -0.39 is 7.92 Å². The number of anilines is 5. The minimum Gasteiger partial charge on any atom is -0.491 e. The zero-order chi connectivity index (χ0) is 31.6. The molecule has 3 aromatic heterocycles. The van der Waals surface area contributed by atoms with Gasteiger partial charge in [0.1, 0.15) is 17.2 Å². The molecular weight excluding hydrogens is 599 g/mol. The number of hydrogen-bond acceptors (Lipinski definition) is 11. The highest BCUT2D eigenvalue weighted by Crippen LogP contribution is 2.45. The number of benzene rings is 2. The SMILES string of the molecule is CN/C=C(\C=N)c1cc(Nc2nc(Nc3ccc4nccnc4c3P(C)C)c3cc[nH]c3n2)c2c(c1N1CCOCC1)CCCO2. The summed E-state index contributed by atoms with van der Waals surface area (Å²) >= 11 is 0. The molecule has 5 aromatic rings. The number of rotatable bonds is 9. The van der Waals surface area contributed by atoms with Crippen molar-refractivity contribution in [2.45, 2.75) is 12.8 Å². The van der Waals surface area contributed by atoms with Gasteiger partial charge in [0.2, 0.25) is 5.95 Å². The van der Waals surface area contributed by atoms with Crippen molar-refractivity contribution in [2.75, 3.05) is 68.8 Å². The van der Waals surface area contributed by atoms with Gasteiger partial charge < -0.3 is 40.7 Å². The first-order valence-corrected chi connectivity index (χ1v) is 17.6. The van der Waals surface area contributed by atoms with Crippen LogP contribution in [-0.4, -0.2) is 84.4 Å². The summed E-state index contributed by atoms with van der Waals surface area (Å²) in [7, 11) is 1.34. The van der Waals surface area contributed by atoms with Gasteiger partial charge in [-0.3, -0.25) is 9.97 Å². The summed E-state index contributed by atoms with van der Waals surface area (Å²) in [5, 5.41) is 20.5. The van der Waals surface area contributed by atoms with Gasteiger partial charge in [0.25, 0.3) is 0 Å². The monoisotopic (exact) mass is 636 g/mol. The molecule has 236 valence electrons. The molecule has 0 amide bonds. The summed E-state index contributed by atoms with van der Waals surface area (Å²) in [6, 6.07) is 8.07. The van der Waals surface area contributed by atoms with Gasteiger partial charge in [0.05, 0.1) is 47.6 Å². The fourth-order valence-corrected chi connectivity index (χ4v) is 7.47. The lowest BCUT2D eigenvalue weighted by molar-refractivity contribution is 0.122. The number of aromatic amines is 1. The maximum Gasteiger partial charge on any atom is 0.231 e. The predicted octanol–water partition coefficient (Wildman–Crippen LogP) is 5.13. The molecule has 0 spiro atoms. The van der Waals surface area contributed by atoms with E-state index in [1.165, 1.54) is 6.21 Å². The van der Waals surface area contributed by atoms with Crippen LogP contribution < -0.4 is 30.9 Å². The van der Waals surface area contributed by atoms with Crippen LogP contribution in [0.3, 0.4) is 0 Å². The average molecular weight is 637 g/mol. The number of fused-ring (bicyclic) bond motifs is 3. The number of allylic oxidation sites excluding steroid dienone is 1. The predicted molar refractivity (Wildman–Crippen MR) is 188 cm³/mol. The van der Waals surface area contributed by atoms with Crippen molar-refractivity contribution in [1.29, 1.82) is 5.41 Å². The van der Waals surface area contributed by atoms with Gasteiger partial charge in [-0.15, -0.1) is 0 Å². The molecule has 0 atom stereocenters. The summed E-state index contributed by atoms with van der Waals surface area (Å²) in [4.78, 5) is 24.6. The first-order valence-electron chi connectivity index (χ1n) is 15.4. The number of nitrogens with one attached hydrogen (secondary N) is 5. The molecule has 1 fully saturated rings. The number of aromatic nitrogens is 5. The lowest BCUT2D eigenvalue weighted by atomic mass is 9.93. The third-order valence-electron chi connectivity index (χ3n) is 8.24. The van der Waals surface area contributed by atoms with E-state index in [4.69, 9.17) is 24.9 Å². The van der Waals surface area contributed by atoms with Gasteiger partial charge in [-0.1, -0.05) is 7.92 Å². The van der Waals surface area contributed by atoms with E-state index in [0.717, 1.165) is 87.2 Å². The van der Waals surface area contributed by atoms with Gasteiger partial charge in [-0.2, -0.15) is 9.97 Å². The number of nitrogens with zero attached hydrogens (tertiary/aromatic N) is 5. The van der Waals surface area contributed by atoms with Crippen molar-refractivity contribution in [3.05, 3.63) is 60.2 Å². The fourth-order valence-electron chi connectivity index (χ4n) is 6.26. The third-order valence-corrected chi connectivity index (χ3v) is 9.58. The van der Waals surface area contributed by atoms with Crippen LogP contribution in [0.2, 0.25) is 0 Å². The van der Waals surface area contributed by atoms with E-state index >= 15 is 0 Å². The summed E-state index contributed by atoms with van der Waals surface area (Å²) < 4.78 is 12.0. The highest BCUT2D eigenvalue weighted by molar-refractivity contribution is 7.65. The molecule has 0 aliphatic carbocycles. The van der Waals surface area contributed by atoms with Crippen LogP contribution in [-0.2, 0) is 11.2 Å². The molecule has 0 unspecified atom stereocenters. The van der Waals surface area contributed by atoms with Crippen molar-refractivity contribution < 1.29 is 9.47 Å². The molecule has 2 aromatic carbocycles. The molecule has 13 heteroatoms. The Balaban J connectivity index is 1.34. The number of ether oxygens (including phenoxy) is 2. The Kier molecular flexibility index (Phi) is 8.38. The van der Waals surface area contributed by atoms with Crippen molar-refractivity contribution in [2.24, 2.45) is 0 Å². The fraction of sp³-hybridized carbons (Fsp3) is 0.303. The van der Waals surface area contributed by atoms with Gasteiger partial charge >= 0.3 is 0 Å². The minimum absolute atomic E-state index is 0.422. The molecule has 7 rings (SSSR count). The molecule has 2 aliphatic rings. The Labute approximate surface area is 268 Å². The van der Waals surface area contributed by atoms with Crippen LogP contribution in [0.15, 0.2) is 49.1 Å². The largest absolute Gasteiger partial charge is 0.491 e. The Morgan fingerprint density at radius 3 is 2.70 bits per heavy atom. The second kappa shape index (κ2) is 12.9. The second-order valence-electron chi connectivity index (χ2n) is 11.4. The van der Waals surface area contributed by atoms with Gasteiger partial charge in [-0.05, 0) is 50.4 Å². The van der Waals surface area contributed by atoms with Crippen LogP contribution in [0.1, 0.15) is 17.5 Å². The standard InChI is InChI=1S/C33H37N10O2P/c1-35-19-20(18-34)23-17-26(29-21(5-4-14-45-29)28(23)43-12-15-44-16-13-43)40-33-41-31-22(8-9-38-31)32(42-33)39-25-7-6-24-27(30(25)46(2)3)37-11-10-36-24/h6-11,17-19,34-35H,4-5,12-16H2,1-3H3,(H3,38,39,40,41,42)/b20-19+,34-18?. The van der Waals surface area contributed by atoms with E-state index in [2.05, 4.69) is 61.3 Å². The summed E-state index contributed by atoms with van der Waals surface area (Å²) in [5.74, 6) is 1.89. The molecule has 0 bridgehead atoms. The molecule has 5 heterocycles.